The average molecular weight is 472 g/mol. The van der Waals surface area contributed by atoms with Crippen LogP contribution in [0.5, 0.6) is 11.5 Å². The molecule has 0 N–H and O–H groups in total. The highest BCUT2D eigenvalue weighted by Gasteiger charge is 2.32. The quantitative estimate of drug-likeness (QED) is 0.565. The van der Waals surface area contributed by atoms with Gasteiger partial charge in [-0.3, -0.25) is 4.90 Å². The molecule has 0 aromatic heterocycles. The Labute approximate surface area is 187 Å². The number of ether oxygens (including phenoxy) is 2. The van der Waals surface area contributed by atoms with E-state index >= 15 is 0 Å². The molecule has 0 unspecified atom stereocenters. The molecule has 3 rings (SSSR count). The zero-order valence-corrected chi connectivity index (χ0v) is 19.2. The Morgan fingerprint density at radius 3 is 2.31 bits per heavy atom. The summed E-state index contributed by atoms with van der Waals surface area (Å²) in [5, 5.41) is 0. The van der Waals surface area contributed by atoms with E-state index in [0.717, 1.165) is 30.0 Å². The fourth-order valence-corrected chi connectivity index (χ4v) is 5.41. The smallest absolute Gasteiger partial charge is 0.488 e. The largest absolute Gasteiger partial charge is 0.573 e. The zero-order valence-electron chi connectivity index (χ0n) is 18.4. The minimum atomic E-state index is -4.87. The molecule has 0 saturated carbocycles. The standard InChI is InChI=1S/C23H28F3NO4S/c1-22(2,3)30-19-9-7-17(8-10-19)14-27-12-11-18(15-27)16-32(28,29)21-6-4-5-20(13-21)31-23(24,25)26/h4-10,13,18H,11-12,14-16H2,1-3H3/t18-/m1/s1. The first-order valence-electron chi connectivity index (χ1n) is 10.4. The molecule has 1 saturated heterocycles. The molecule has 1 atom stereocenters. The van der Waals surface area contributed by atoms with Crippen molar-refractivity contribution in [3.05, 3.63) is 54.1 Å². The van der Waals surface area contributed by atoms with Gasteiger partial charge in [-0.15, -0.1) is 13.2 Å². The minimum Gasteiger partial charge on any atom is -0.488 e. The van der Waals surface area contributed by atoms with E-state index in [2.05, 4.69) is 9.64 Å². The van der Waals surface area contributed by atoms with Gasteiger partial charge in [0.15, 0.2) is 9.84 Å². The first-order valence-corrected chi connectivity index (χ1v) is 12.0. The van der Waals surface area contributed by atoms with E-state index in [0.29, 0.717) is 19.5 Å². The van der Waals surface area contributed by atoms with E-state index in [4.69, 9.17) is 4.74 Å². The Balaban J connectivity index is 1.57. The Morgan fingerprint density at radius 1 is 1.00 bits per heavy atom. The van der Waals surface area contributed by atoms with Gasteiger partial charge in [-0.1, -0.05) is 18.2 Å². The van der Waals surface area contributed by atoms with Crippen molar-refractivity contribution in [2.75, 3.05) is 18.8 Å². The number of hydrogen-bond donors (Lipinski definition) is 0. The molecule has 1 fully saturated rings. The van der Waals surface area contributed by atoms with Crippen LogP contribution in [-0.2, 0) is 16.4 Å². The van der Waals surface area contributed by atoms with Crippen LogP contribution >= 0.6 is 0 Å². The van der Waals surface area contributed by atoms with Gasteiger partial charge in [-0.05, 0) is 75.5 Å². The van der Waals surface area contributed by atoms with Crippen molar-refractivity contribution in [1.82, 2.24) is 4.90 Å². The lowest BCUT2D eigenvalue weighted by Gasteiger charge is -2.22. The molecule has 0 aliphatic carbocycles. The summed E-state index contributed by atoms with van der Waals surface area (Å²) >= 11 is 0. The normalized spacial score (nSPS) is 18.0. The topological polar surface area (TPSA) is 55.8 Å². The molecule has 32 heavy (non-hydrogen) atoms. The number of alkyl halides is 3. The molecule has 0 spiro atoms. The predicted molar refractivity (Wildman–Crippen MR) is 115 cm³/mol. The number of hydrogen-bond acceptors (Lipinski definition) is 5. The Hall–Kier alpha value is -2.26. The number of halogens is 3. The molecule has 2 aromatic rings. The lowest BCUT2D eigenvalue weighted by Crippen LogP contribution is -2.24. The fourth-order valence-electron chi connectivity index (χ4n) is 3.74. The second kappa shape index (κ2) is 9.31. The van der Waals surface area contributed by atoms with Gasteiger partial charge in [0.2, 0.25) is 0 Å². The lowest BCUT2D eigenvalue weighted by molar-refractivity contribution is -0.274. The van der Waals surface area contributed by atoms with Gasteiger partial charge < -0.3 is 9.47 Å². The molecule has 5 nitrogen and oxygen atoms in total. The van der Waals surface area contributed by atoms with Crippen LogP contribution in [0.25, 0.3) is 0 Å². The van der Waals surface area contributed by atoms with E-state index in [1.54, 1.807) is 0 Å². The number of sulfone groups is 1. The number of rotatable bonds is 7. The van der Waals surface area contributed by atoms with Crippen LogP contribution in [0.2, 0.25) is 0 Å². The van der Waals surface area contributed by atoms with Gasteiger partial charge in [0.05, 0.1) is 10.6 Å². The second-order valence-electron chi connectivity index (χ2n) is 9.05. The van der Waals surface area contributed by atoms with E-state index in [1.165, 1.54) is 12.1 Å². The zero-order chi connectivity index (χ0) is 23.6. The molecule has 0 radical (unpaired) electrons. The molecule has 176 valence electrons. The van der Waals surface area contributed by atoms with Crippen molar-refractivity contribution in [3.63, 3.8) is 0 Å². The summed E-state index contributed by atoms with van der Waals surface area (Å²) in [5.41, 5.74) is 0.833. The first kappa shape index (κ1) is 24.4. The van der Waals surface area contributed by atoms with Crippen molar-refractivity contribution in [2.45, 2.75) is 50.6 Å². The van der Waals surface area contributed by atoms with Gasteiger partial charge in [0.25, 0.3) is 0 Å². The summed E-state index contributed by atoms with van der Waals surface area (Å²) in [4.78, 5) is 2.02. The highest BCUT2D eigenvalue weighted by atomic mass is 32.2. The maximum absolute atomic E-state index is 12.8. The van der Waals surface area contributed by atoms with E-state index in [-0.39, 0.29) is 22.2 Å². The molecule has 9 heteroatoms. The third-order valence-corrected chi connectivity index (χ3v) is 6.86. The Kier molecular flexibility index (Phi) is 7.09. The monoisotopic (exact) mass is 471 g/mol. The van der Waals surface area contributed by atoms with Crippen molar-refractivity contribution in [3.8, 4) is 11.5 Å². The maximum atomic E-state index is 12.8. The number of benzene rings is 2. The molecular weight excluding hydrogens is 443 g/mol. The predicted octanol–water partition coefficient (Wildman–Crippen LogP) is 5.06. The number of likely N-dealkylation sites (tertiary alicyclic amines) is 1. The fraction of sp³-hybridized carbons (Fsp3) is 0.478. The lowest BCUT2D eigenvalue weighted by atomic mass is 10.1. The van der Waals surface area contributed by atoms with Crippen LogP contribution < -0.4 is 9.47 Å². The van der Waals surface area contributed by atoms with Crippen LogP contribution in [0, 0.1) is 5.92 Å². The van der Waals surface area contributed by atoms with Gasteiger partial charge >= 0.3 is 6.36 Å². The van der Waals surface area contributed by atoms with Crippen molar-refractivity contribution in [2.24, 2.45) is 5.92 Å². The Bertz CT molecular complexity index is 1010. The molecule has 2 aromatic carbocycles. The highest BCUT2D eigenvalue weighted by molar-refractivity contribution is 7.91. The van der Waals surface area contributed by atoms with Gasteiger partial charge in [0, 0.05) is 13.1 Å². The van der Waals surface area contributed by atoms with Crippen LogP contribution in [0.15, 0.2) is 53.4 Å². The minimum absolute atomic E-state index is 0.0873. The third kappa shape index (κ3) is 7.41. The van der Waals surface area contributed by atoms with Crippen molar-refractivity contribution >= 4 is 9.84 Å². The summed E-state index contributed by atoms with van der Waals surface area (Å²) in [6.07, 6.45) is -4.16. The molecule has 1 aliphatic heterocycles. The molecule has 1 aliphatic rings. The van der Waals surface area contributed by atoms with Crippen LogP contribution in [0.4, 0.5) is 13.2 Å². The first-order chi connectivity index (χ1) is 14.8. The van der Waals surface area contributed by atoms with Crippen molar-refractivity contribution in [1.29, 1.82) is 0 Å². The van der Waals surface area contributed by atoms with Gasteiger partial charge in [-0.2, -0.15) is 0 Å². The molecular formula is C23H28F3NO4S. The Morgan fingerprint density at radius 2 is 1.69 bits per heavy atom. The summed E-state index contributed by atoms with van der Waals surface area (Å²) in [6.45, 7) is 8.02. The van der Waals surface area contributed by atoms with E-state index in [9.17, 15) is 21.6 Å². The summed E-state index contributed by atoms with van der Waals surface area (Å²) in [7, 11) is -3.73. The second-order valence-corrected chi connectivity index (χ2v) is 11.1. The molecule has 1 heterocycles. The van der Waals surface area contributed by atoms with E-state index < -0.39 is 21.9 Å². The average Bonchev–Trinajstić information content (AvgIpc) is 3.07. The van der Waals surface area contributed by atoms with Gasteiger partial charge in [-0.25, -0.2) is 8.42 Å². The highest BCUT2D eigenvalue weighted by Crippen LogP contribution is 2.28. The van der Waals surface area contributed by atoms with Crippen molar-refractivity contribution < 1.29 is 31.1 Å². The summed E-state index contributed by atoms with van der Waals surface area (Å²) < 4.78 is 72.5. The maximum Gasteiger partial charge on any atom is 0.573 e. The summed E-state index contributed by atoms with van der Waals surface area (Å²) in [5.74, 6) is 0.0571. The third-order valence-electron chi connectivity index (χ3n) is 4.98. The van der Waals surface area contributed by atoms with Gasteiger partial charge in [0.1, 0.15) is 17.1 Å². The summed E-state index contributed by atoms with van der Waals surface area (Å²) in [6, 6.07) is 12.4. The van der Waals surface area contributed by atoms with Crippen LogP contribution in [0.1, 0.15) is 32.8 Å². The van der Waals surface area contributed by atoms with Crippen LogP contribution in [-0.4, -0.2) is 44.1 Å². The molecule has 0 amide bonds. The van der Waals surface area contributed by atoms with Crippen LogP contribution in [0.3, 0.4) is 0 Å². The molecule has 0 bridgehead atoms. The SMILES string of the molecule is CC(C)(C)Oc1ccc(CN2CC[C@@H](CS(=O)(=O)c3cccc(OC(F)(F)F)c3)C2)cc1. The number of nitrogens with zero attached hydrogens (tertiary/aromatic N) is 1. The van der Waals surface area contributed by atoms with E-state index in [1.807, 2.05) is 45.0 Å².